The van der Waals surface area contributed by atoms with Crippen LogP contribution in [-0.2, 0) is 9.53 Å². The van der Waals surface area contributed by atoms with E-state index in [1.807, 2.05) is 37.6 Å². The number of carbonyl (C=O) groups is 1. The van der Waals surface area contributed by atoms with Crippen LogP contribution in [-0.4, -0.2) is 27.8 Å². The summed E-state index contributed by atoms with van der Waals surface area (Å²) < 4.78 is 6.63. The van der Waals surface area contributed by atoms with E-state index in [9.17, 15) is 4.79 Å². The molecule has 0 fully saturated rings. The van der Waals surface area contributed by atoms with Gasteiger partial charge in [-0.15, -0.1) is 0 Å². The molecule has 0 radical (unpaired) electrons. The van der Waals surface area contributed by atoms with E-state index in [1.165, 1.54) is 7.11 Å². The van der Waals surface area contributed by atoms with Gasteiger partial charge in [-0.1, -0.05) is 0 Å². The van der Waals surface area contributed by atoms with E-state index in [2.05, 4.69) is 10.1 Å². The maximum absolute atomic E-state index is 11.7. The van der Waals surface area contributed by atoms with Crippen molar-refractivity contribution in [3.05, 3.63) is 41.5 Å². The van der Waals surface area contributed by atoms with Crippen molar-refractivity contribution in [2.75, 3.05) is 7.11 Å². The molecule has 0 saturated carbocycles. The summed E-state index contributed by atoms with van der Waals surface area (Å²) >= 11 is 0. The summed E-state index contributed by atoms with van der Waals surface area (Å²) in [6.45, 7) is 5.69. The van der Waals surface area contributed by atoms with Crippen LogP contribution in [0.15, 0.2) is 24.5 Å². The standard InChI is InChI=1S/C14H17N3O2/c1-9(14(18)19-4)13-10(2)16-17(11(13)3)12-5-7-15-8-6-12/h5-9H,1-4H3. The molecule has 0 N–H and O–H groups in total. The van der Waals surface area contributed by atoms with Gasteiger partial charge in [-0.2, -0.15) is 5.10 Å². The van der Waals surface area contributed by atoms with E-state index in [0.717, 1.165) is 22.6 Å². The molecule has 5 heteroatoms. The summed E-state index contributed by atoms with van der Waals surface area (Å²) in [5.41, 5.74) is 3.64. The SMILES string of the molecule is COC(=O)C(C)c1c(C)nn(-c2ccncc2)c1C. The first-order valence-corrected chi connectivity index (χ1v) is 6.10. The maximum Gasteiger partial charge on any atom is 0.312 e. The molecule has 0 aromatic carbocycles. The smallest absolute Gasteiger partial charge is 0.312 e. The highest BCUT2D eigenvalue weighted by Crippen LogP contribution is 2.26. The minimum atomic E-state index is -0.319. The van der Waals surface area contributed by atoms with Gasteiger partial charge in [0.25, 0.3) is 0 Å². The van der Waals surface area contributed by atoms with Crippen molar-refractivity contribution in [2.24, 2.45) is 0 Å². The van der Waals surface area contributed by atoms with Crippen molar-refractivity contribution in [3.8, 4) is 5.69 Å². The third-order valence-corrected chi connectivity index (χ3v) is 3.24. The van der Waals surface area contributed by atoms with E-state index in [0.29, 0.717) is 0 Å². The lowest BCUT2D eigenvalue weighted by Gasteiger charge is -2.10. The predicted molar refractivity (Wildman–Crippen MR) is 71.3 cm³/mol. The summed E-state index contributed by atoms with van der Waals surface area (Å²) in [5, 5.41) is 4.50. The molecule has 2 aromatic rings. The van der Waals surface area contributed by atoms with Gasteiger partial charge in [0.05, 0.1) is 24.4 Å². The minimum Gasteiger partial charge on any atom is -0.469 e. The lowest BCUT2D eigenvalue weighted by molar-refractivity contribution is -0.142. The second-order valence-electron chi connectivity index (χ2n) is 4.45. The highest BCUT2D eigenvalue weighted by molar-refractivity contribution is 5.78. The van der Waals surface area contributed by atoms with Crippen molar-refractivity contribution >= 4 is 5.97 Å². The minimum absolute atomic E-state index is 0.250. The van der Waals surface area contributed by atoms with Crippen LogP contribution < -0.4 is 0 Å². The highest BCUT2D eigenvalue weighted by Gasteiger charge is 2.24. The molecule has 2 heterocycles. The number of hydrogen-bond donors (Lipinski definition) is 0. The molecule has 0 saturated heterocycles. The Morgan fingerprint density at radius 2 is 1.95 bits per heavy atom. The van der Waals surface area contributed by atoms with E-state index in [4.69, 9.17) is 4.74 Å². The van der Waals surface area contributed by atoms with Gasteiger partial charge >= 0.3 is 5.97 Å². The molecule has 1 unspecified atom stereocenters. The molecule has 0 aliphatic carbocycles. The van der Waals surface area contributed by atoms with Crippen LogP contribution in [0.25, 0.3) is 5.69 Å². The van der Waals surface area contributed by atoms with Gasteiger partial charge in [-0.05, 0) is 32.9 Å². The molecular weight excluding hydrogens is 242 g/mol. The first-order chi connectivity index (χ1) is 9.06. The zero-order chi connectivity index (χ0) is 14.0. The lowest BCUT2D eigenvalue weighted by atomic mass is 9.99. The van der Waals surface area contributed by atoms with Crippen LogP contribution in [0.5, 0.6) is 0 Å². The van der Waals surface area contributed by atoms with Gasteiger partial charge in [0.1, 0.15) is 0 Å². The van der Waals surface area contributed by atoms with Crippen LogP contribution in [0.3, 0.4) is 0 Å². The van der Waals surface area contributed by atoms with Gasteiger partial charge in [0.15, 0.2) is 0 Å². The first-order valence-electron chi connectivity index (χ1n) is 6.10. The molecule has 0 spiro atoms. The van der Waals surface area contributed by atoms with Crippen molar-refractivity contribution in [1.29, 1.82) is 0 Å². The van der Waals surface area contributed by atoms with Gasteiger partial charge < -0.3 is 4.74 Å². The van der Waals surface area contributed by atoms with Crippen molar-refractivity contribution < 1.29 is 9.53 Å². The number of aryl methyl sites for hydroxylation is 1. The fraction of sp³-hybridized carbons (Fsp3) is 0.357. The number of rotatable bonds is 3. The third-order valence-electron chi connectivity index (χ3n) is 3.24. The Hall–Kier alpha value is -2.17. The number of ether oxygens (including phenoxy) is 1. The quantitative estimate of drug-likeness (QED) is 0.793. The zero-order valence-electron chi connectivity index (χ0n) is 11.5. The molecule has 2 rings (SSSR count). The highest BCUT2D eigenvalue weighted by atomic mass is 16.5. The topological polar surface area (TPSA) is 57.0 Å². The molecule has 0 aliphatic heterocycles. The average Bonchev–Trinajstić information content (AvgIpc) is 2.73. The van der Waals surface area contributed by atoms with E-state index in [1.54, 1.807) is 12.4 Å². The molecule has 0 bridgehead atoms. The Balaban J connectivity index is 2.49. The molecule has 1 atom stereocenters. The first kappa shape index (κ1) is 13.3. The summed E-state index contributed by atoms with van der Waals surface area (Å²) in [6.07, 6.45) is 3.43. The fourth-order valence-electron chi connectivity index (χ4n) is 2.31. The summed E-state index contributed by atoms with van der Waals surface area (Å²) in [7, 11) is 1.40. The van der Waals surface area contributed by atoms with Crippen molar-refractivity contribution in [3.63, 3.8) is 0 Å². The molecule has 5 nitrogen and oxygen atoms in total. The third kappa shape index (κ3) is 2.36. The molecule has 2 aromatic heterocycles. The second kappa shape index (κ2) is 5.22. The number of hydrogen-bond acceptors (Lipinski definition) is 4. The zero-order valence-corrected chi connectivity index (χ0v) is 11.5. The van der Waals surface area contributed by atoms with E-state index in [-0.39, 0.29) is 11.9 Å². The van der Waals surface area contributed by atoms with Crippen LogP contribution in [0.4, 0.5) is 0 Å². The van der Waals surface area contributed by atoms with Crippen LogP contribution in [0.2, 0.25) is 0 Å². The van der Waals surface area contributed by atoms with Gasteiger partial charge in [0.2, 0.25) is 0 Å². The predicted octanol–water partition coefficient (Wildman–Crippen LogP) is 2.16. The van der Waals surface area contributed by atoms with Crippen molar-refractivity contribution in [2.45, 2.75) is 26.7 Å². The van der Waals surface area contributed by atoms with Gasteiger partial charge in [-0.25, -0.2) is 4.68 Å². The molecule has 0 aliphatic rings. The summed E-state index contributed by atoms with van der Waals surface area (Å²) in [4.78, 5) is 15.7. The van der Waals surface area contributed by atoms with Gasteiger partial charge in [0, 0.05) is 23.7 Å². The molecule has 19 heavy (non-hydrogen) atoms. The summed E-state index contributed by atoms with van der Waals surface area (Å²) in [5.74, 6) is -0.568. The number of esters is 1. The van der Waals surface area contributed by atoms with E-state index >= 15 is 0 Å². The van der Waals surface area contributed by atoms with Crippen LogP contribution >= 0.6 is 0 Å². The fourth-order valence-corrected chi connectivity index (χ4v) is 2.31. The lowest BCUT2D eigenvalue weighted by Crippen LogP contribution is -2.12. The Morgan fingerprint density at radius 1 is 1.32 bits per heavy atom. The Labute approximate surface area is 112 Å². The Kier molecular flexibility index (Phi) is 3.64. The monoisotopic (exact) mass is 259 g/mol. The molecule has 100 valence electrons. The number of nitrogens with zero attached hydrogens (tertiary/aromatic N) is 3. The van der Waals surface area contributed by atoms with Crippen LogP contribution in [0.1, 0.15) is 29.8 Å². The second-order valence-corrected chi connectivity index (χ2v) is 4.45. The summed E-state index contributed by atoms with van der Waals surface area (Å²) in [6, 6.07) is 3.76. The van der Waals surface area contributed by atoms with E-state index < -0.39 is 0 Å². The molecular formula is C14H17N3O2. The van der Waals surface area contributed by atoms with Crippen LogP contribution in [0, 0.1) is 13.8 Å². The maximum atomic E-state index is 11.7. The number of methoxy groups -OCH3 is 1. The van der Waals surface area contributed by atoms with Crippen molar-refractivity contribution in [1.82, 2.24) is 14.8 Å². The Bertz CT molecular complexity index is 590. The number of carbonyl (C=O) groups excluding carboxylic acids is 1. The average molecular weight is 259 g/mol. The number of pyridine rings is 1. The largest absolute Gasteiger partial charge is 0.469 e. The Morgan fingerprint density at radius 3 is 2.53 bits per heavy atom. The van der Waals surface area contributed by atoms with Gasteiger partial charge in [-0.3, -0.25) is 9.78 Å². The molecule has 0 amide bonds. The number of aromatic nitrogens is 3. The normalized spacial score (nSPS) is 12.2.